The largest absolute Gasteiger partial charge is 0.497 e. The van der Waals surface area contributed by atoms with Gasteiger partial charge in [0.05, 0.1) is 27.9 Å². The minimum atomic E-state index is -2.61. The summed E-state index contributed by atoms with van der Waals surface area (Å²) in [7, 11) is 3.79. The summed E-state index contributed by atoms with van der Waals surface area (Å²) in [4.78, 5) is 26.8. The highest BCUT2D eigenvalue weighted by molar-refractivity contribution is 5.96. The van der Waals surface area contributed by atoms with E-state index < -0.39 is 23.1 Å². The van der Waals surface area contributed by atoms with Gasteiger partial charge in [-0.05, 0) is 41.8 Å². The van der Waals surface area contributed by atoms with Crippen molar-refractivity contribution in [2.24, 2.45) is 0 Å². The molecule has 0 bridgehead atoms. The van der Waals surface area contributed by atoms with Crippen molar-refractivity contribution >= 4 is 18.0 Å². The first-order chi connectivity index (χ1) is 17.3. The van der Waals surface area contributed by atoms with Crippen molar-refractivity contribution < 1.29 is 33.6 Å². The Morgan fingerprint density at radius 2 is 1.44 bits per heavy atom. The van der Waals surface area contributed by atoms with Crippen molar-refractivity contribution in [3.63, 3.8) is 0 Å². The Morgan fingerprint density at radius 1 is 0.833 bits per heavy atom. The van der Waals surface area contributed by atoms with E-state index in [4.69, 9.17) is 18.9 Å². The average Bonchev–Trinajstić information content (AvgIpc) is 2.93. The van der Waals surface area contributed by atoms with Gasteiger partial charge in [-0.1, -0.05) is 78.4 Å². The molecule has 188 valence electrons. The van der Waals surface area contributed by atoms with Crippen LogP contribution in [0.4, 0.5) is 0 Å². The van der Waals surface area contributed by atoms with E-state index in [0.717, 1.165) is 19.8 Å². The maximum Gasteiger partial charge on any atom is 0.346 e. The highest BCUT2D eigenvalue weighted by Crippen LogP contribution is 2.42. The van der Waals surface area contributed by atoms with Gasteiger partial charge in [0.2, 0.25) is 11.2 Å². The van der Waals surface area contributed by atoms with Gasteiger partial charge in [0.25, 0.3) is 0 Å². The van der Waals surface area contributed by atoms with Gasteiger partial charge >= 0.3 is 11.9 Å². The number of hydrogen-bond donors (Lipinski definition) is 1. The van der Waals surface area contributed by atoms with Crippen LogP contribution >= 0.6 is 0 Å². The minimum absolute atomic E-state index is 0.111. The van der Waals surface area contributed by atoms with E-state index in [0.29, 0.717) is 16.9 Å². The van der Waals surface area contributed by atoms with Gasteiger partial charge < -0.3 is 24.1 Å². The van der Waals surface area contributed by atoms with Crippen LogP contribution in [-0.4, -0.2) is 44.0 Å². The first kappa shape index (κ1) is 26.7. The maximum absolute atomic E-state index is 13.6. The van der Waals surface area contributed by atoms with E-state index in [1.54, 1.807) is 24.3 Å². The smallest absolute Gasteiger partial charge is 0.346 e. The Morgan fingerprint density at radius 3 is 2.00 bits per heavy atom. The summed E-state index contributed by atoms with van der Waals surface area (Å²) in [6, 6.07) is 22.8. The minimum Gasteiger partial charge on any atom is -0.497 e. The summed E-state index contributed by atoms with van der Waals surface area (Å²) in [5.41, 5.74) is -2.30. The molecule has 0 unspecified atom stereocenters. The number of esters is 2. The fraction of sp³-hybridized carbons (Fsp3) is 0.241. The van der Waals surface area contributed by atoms with Crippen molar-refractivity contribution in [2.45, 2.75) is 24.7 Å². The molecule has 36 heavy (non-hydrogen) atoms. The molecule has 0 aromatic heterocycles. The van der Waals surface area contributed by atoms with Gasteiger partial charge in [-0.15, -0.1) is 0 Å². The summed E-state index contributed by atoms with van der Waals surface area (Å²) < 4.78 is 21.6. The Hall–Kier alpha value is -3.94. The van der Waals surface area contributed by atoms with E-state index in [2.05, 4.69) is 0 Å². The molecule has 0 aliphatic carbocycles. The summed E-state index contributed by atoms with van der Waals surface area (Å²) >= 11 is 0. The highest BCUT2D eigenvalue weighted by atomic mass is 16.6. The van der Waals surface area contributed by atoms with Crippen LogP contribution in [-0.2, 0) is 36.0 Å². The SMILES string of the molecule is COC(=O)[C@@](O)(/C=C/c1ccc(C)cc1)[C@](OCc1ccccc1)(C(=O)OC)c1ccc(OC)cc1. The number of aliphatic hydroxyl groups is 1. The van der Waals surface area contributed by atoms with Crippen molar-refractivity contribution in [3.05, 3.63) is 107 Å². The fourth-order valence-electron chi connectivity index (χ4n) is 3.86. The summed E-state index contributed by atoms with van der Waals surface area (Å²) in [5, 5.41) is 12.0. The molecular formula is C29H30O7. The first-order valence-electron chi connectivity index (χ1n) is 11.3. The molecule has 7 nitrogen and oxygen atoms in total. The number of methoxy groups -OCH3 is 3. The number of benzene rings is 3. The first-order valence-corrected chi connectivity index (χ1v) is 11.3. The number of aryl methyl sites for hydroxylation is 1. The summed E-state index contributed by atoms with van der Waals surface area (Å²) in [5.74, 6) is -1.57. The number of hydrogen-bond acceptors (Lipinski definition) is 7. The molecule has 7 heteroatoms. The second-order valence-corrected chi connectivity index (χ2v) is 8.18. The Labute approximate surface area is 210 Å². The van der Waals surface area contributed by atoms with E-state index in [1.165, 1.54) is 31.4 Å². The summed E-state index contributed by atoms with van der Waals surface area (Å²) in [6.07, 6.45) is 2.74. The number of carbonyl (C=O) groups is 2. The average molecular weight is 491 g/mol. The fourth-order valence-corrected chi connectivity index (χ4v) is 3.86. The molecule has 3 rings (SSSR count). The monoisotopic (exact) mass is 490 g/mol. The molecular weight excluding hydrogens is 460 g/mol. The van der Waals surface area contributed by atoms with Crippen LogP contribution in [0.15, 0.2) is 84.9 Å². The van der Waals surface area contributed by atoms with Gasteiger partial charge in [-0.25, -0.2) is 9.59 Å². The van der Waals surface area contributed by atoms with Crippen LogP contribution in [0.5, 0.6) is 5.75 Å². The topological polar surface area (TPSA) is 91.3 Å². The van der Waals surface area contributed by atoms with Gasteiger partial charge in [-0.2, -0.15) is 0 Å². The van der Waals surface area contributed by atoms with Gasteiger partial charge in [0.15, 0.2) is 0 Å². The predicted octanol–water partition coefficient (Wildman–Crippen LogP) is 4.21. The molecule has 0 heterocycles. The number of ether oxygens (including phenoxy) is 4. The highest BCUT2D eigenvalue weighted by Gasteiger charge is 2.63. The lowest BCUT2D eigenvalue weighted by molar-refractivity contribution is -0.218. The molecule has 0 aliphatic rings. The van der Waals surface area contributed by atoms with Crippen LogP contribution in [0.2, 0.25) is 0 Å². The molecule has 0 amide bonds. The van der Waals surface area contributed by atoms with Crippen molar-refractivity contribution in [1.29, 1.82) is 0 Å². The Balaban J connectivity index is 2.25. The molecule has 0 saturated heterocycles. The van der Waals surface area contributed by atoms with Crippen molar-refractivity contribution in [3.8, 4) is 5.75 Å². The number of carbonyl (C=O) groups excluding carboxylic acids is 2. The standard InChI is InChI=1S/C29H30O7/c1-21-10-12-22(13-11-21)18-19-28(32,26(30)34-3)29(27(31)35-4,24-14-16-25(33-2)17-15-24)36-20-23-8-6-5-7-9-23/h5-19,32H,20H2,1-4H3/b19-18+/t28-,29+/m0/s1. The molecule has 0 aliphatic heterocycles. The van der Waals surface area contributed by atoms with Crippen LogP contribution in [0.1, 0.15) is 22.3 Å². The third-order valence-corrected chi connectivity index (χ3v) is 5.90. The molecule has 0 saturated carbocycles. The van der Waals surface area contributed by atoms with E-state index in [1.807, 2.05) is 49.4 Å². The molecule has 3 aromatic carbocycles. The second-order valence-electron chi connectivity index (χ2n) is 8.18. The molecule has 3 aromatic rings. The maximum atomic E-state index is 13.6. The lowest BCUT2D eigenvalue weighted by atomic mass is 9.76. The lowest BCUT2D eigenvalue weighted by Crippen LogP contribution is -2.62. The van der Waals surface area contributed by atoms with Crippen LogP contribution < -0.4 is 4.74 Å². The van der Waals surface area contributed by atoms with Gasteiger partial charge in [0.1, 0.15) is 5.75 Å². The predicted molar refractivity (Wildman–Crippen MR) is 135 cm³/mol. The third-order valence-electron chi connectivity index (χ3n) is 5.90. The normalized spacial score (nSPS) is 14.5. The summed E-state index contributed by atoms with van der Waals surface area (Å²) in [6.45, 7) is 1.83. The second kappa shape index (κ2) is 11.7. The zero-order valence-corrected chi connectivity index (χ0v) is 20.8. The van der Waals surface area contributed by atoms with Gasteiger partial charge in [-0.3, -0.25) is 0 Å². The van der Waals surface area contributed by atoms with Gasteiger partial charge in [0, 0.05) is 0 Å². The quantitative estimate of drug-likeness (QED) is 0.426. The molecule has 2 atom stereocenters. The molecule has 0 fully saturated rings. The van der Waals surface area contributed by atoms with E-state index >= 15 is 0 Å². The Kier molecular flexibility index (Phi) is 8.64. The van der Waals surface area contributed by atoms with Crippen LogP contribution in [0.3, 0.4) is 0 Å². The van der Waals surface area contributed by atoms with Crippen molar-refractivity contribution in [1.82, 2.24) is 0 Å². The third kappa shape index (κ3) is 5.32. The molecule has 1 N–H and O–H groups in total. The lowest BCUT2D eigenvalue weighted by Gasteiger charge is -2.41. The molecule has 0 spiro atoms. The number of rotatable bonds is 10. The van der Waals surface area contributed by atoms with Crippen LogP contribution in [0, 0.1) is 6.92 Å². The molecule has 0 radical (unpaired) electrons. The van der Waals surface area contributed by atoms with E-state index in [9.17, 15) is 14.7 Å². The Bertz CT molecular complexity index is 1190. The zero-order chi connectivity index (χ0) is 26.2. The van der Waals surface area contributed by atoms with E-state index in [-0.39, 0.29) is 12.2 Å². The van der Waals surface area contributed by atoms with Crippen molar-refractivity contribution in [2.75, 3.05) is 21.3 Å². The zero-order valence-electron chi connectivity index (χ0n) is 20.8. The van der Waals surface area contributed by atoms with Crippen LogP contribution in [0.25, 0.3) is 6.08 Å².